The second-order valence-corrected chi connectivity index (χ2v) is 4.63. The van der Waals surface area contributed by atoms with Gasteiger partial charge in [0.05, 0.1) is 11.1 Å². The Labute approximate surface area is 106 Å². The van der Waals surface area contributed by atoms with Crippen molar-refractivity contribution in [3.05, 3.63) is 29.6 Å². The number of hydrogen-bond donors (Lipinski definition) is 2. The summed E-state index contributed by atoms with van der Waals surface area (Å²) in [6.45, 7) is 1.95. The van der Waals surface area contributed by atoms with Gasteiger partial charge in [-0.05, 0) is 24.8 Å². The van der Waals surface area contributed by atoms with Gasteiger partial charge in [0.15, 0.2) is 0 Å². The molecule has 1 aromatic rings. The average molecular weight is 244 g/mol. The molecule has 0 bridgehead atoms. The van der Waals surface area contributed by atoms with E-state index in [4.69, 9.17) is 5.11 Å². The Bertz CT molecular complexity index is 496. The zero-order valence-corrected chi connectivity index (χ0v) is 10.3. The fourth-order valence-electron chi connectivity index (χ4n) is 2.11. The quantitative estimate of drug-likeness (QED) is 0.761. The molecular formula is C14H16N2O2. The van der Waals surface area contributed by atoms with Crippen molar-refractivity contribution in [1.29, 1.82) is 0 Å². The normalized spacial score (nSPS) is 21.4. The molecule has 4 heteroatoms. The molecule has 1 heterocycles. The Kier molecular flexibility index (Phi) is 3.96. The smallest absolute Gasteiger partial charge is 0.252 e. The molecule has 1 fully saturated rings. The maximum absolute atomic E-state index is 12.1. The molecule has 94 valence electrons. The minimum atomic E-state index is -0.226. The van der Waals surface area contributed by atoms with Crippen LogP contribution in [0.5, 0.6) is 0 Å². The molecular weight excluding hydrogens is 228 g/mol. The van der Waals surface area contributed by atoms with E-state index >= 15 is 0 Å². The lowest BCUT2D eigenvalue weighted by Crippen LogP contribution is -2.43. The standard InChI is InChI=1S/C14H16N2O2/c1-10-7-12(8-10)16-14(18)13-4-5-15-9-11(13)3-2-6-17/h4-5,9-10,12,17H,6-8H2,1H3,(H,16,18). The molecule has 18 heavy (non-hydrogen) atoms. The highest BCUT2D eigenvalue weighted by molar-refractivity contribution is 5.96. The van der Waals surface area contributed by atoms with Crippen molar-refractivity contribution in [2.75, 3.05) is 6.61 Å². The number of carbonyl (C=O) groups is 1. The molecule has 1 aromatic heterocycles. The van der Waals surface area contributed by atoms with Crippen LogP contribution in [-0.4, -0.2) is 28.6 Å². The van der Waals surface area contributed by atoms with Gasteiger partial charge in [-0.15, -0.1) is 0 Å². The number of aliphatic hydroxyl groups excluding tert-OH is 1. The predicted octanol–water partition coefficient (Wildman–Crippen LogP) is 0.954. The third kappa shape index (κ3) is 2.88. The molecule has 2 N–H and O–H groups in total. The molecule has 0 saturated heterocycles. The van der Waals surface area contributed by atoms with Gasteiger partial charge in [-0.2, -0.15) is 0 Å². The number of aliphatic hydroxyl groups is 1. The van der Waals surface area contributed by atoms with Crippen LogP contribution in [-0.2, 0) is 0 Å². The summed E-state index contributed by atoms with van der Waals surface area (Å²) in [6, 6.07) is 1.93. The van der Waals surface area contributed by atoms with E-state index in [0.29, 0.717) is 17.0 Å². The van der Waals surface area contributed by atoms with E-state index in [1.807, 2.05) is 0 Å². The lowest BCUT2D eigenvalue weighted by molar-refractivity contribution is 0.0895. The van der Waals surface area contributed by atoms with Gasteiger partial charge < -0.3 is 10.4 Å². The van der Waals surface area contributed by atoms with Gasteiger partial charge in [0.1, 0.15) is 6.61 Å². The second-order valence-electron chi connectivity index (χ2n) is 4.63. The Morgan fingerprint density at radius 1 is 1.61 bits per heavy atom. The van der Waals surface area contributed by atoms with E-state index in [2.05, 4.69) is 29.1 Å². The van der Waals surface area contributed by atoms with Crippen molar-refractivity contribution in [2.24, 2.45) is 5.92 Å². The summed E-state index contributed by atoms with van der Waals surface area (Å²) in [5.74, 6) is 5.85. The summed E-state index contributed by atoms with van der Waals surface area (Å²) in [7, 11) is 0. The van der Waals surface area contributed by atoms with Crippen LogP contribution in [0.4, 0.5) is 0 Å². The molecule has 1 saturated carbocycles. The van der Waals surface area contributed by atoms with Gasteiger partial charge >= 0.3 is 0 Å². The summed E-state index contributed by atoms with van der Waals surface area (Å²) >= 11 is 0. The fraction of sp³-hybridized carbons (Fsp3) is 0.429. The van der Waals surface area contributed by atoms with Crippen LogP contribution in [0, 0.1) is 17.8 Å². The molecule has 0 aliphatic heterocycles. The van der Waals surface area contributed by atoms with Crippen LogP contribution in [0.25, 0.3) is 0 Å². The van der Waals surface area contributed by atoms with Crippen LogP contribution in [0.1, 0.15) is 35.7 Å². The monoisotopic (exact) mass is 244 g/mol. The molecule has 4 nitrogen and oxygen atoms in total. The number of nitrogens with one attached hydrogen (secondary N) is 1. The highest BCUT2D eigenvalue weighted by Gasteiger charge is 2.27. The van der Waals surface area contributed by atoms with E-state index < -0.39 is 0 Å². The van der Waals surface area contributed by atoms with Gasteiger partial charge in [-0.1, -0.05) is 18.8 Å². The lowest BCUT2D eigenvalue weighted by atomic mass is 9.82. The molecule has 0 radical (unpaired) electrons. The number of nitrogens with zero attached hydrogens (tertiary/aromatic N) is 1. The van der Waals surface area contributed by atoms with Crippen LogP contribution in [0.15, 0.2) is 18.5 Å². The van der Waals surface area contributed by atoms with Crippen molar-refractivity contribution >= 4 is 5.91 Å². The largest absolute Gasteiger partial charge is 0.384 e. The Morgan fingerprint density at radius 3 is 3.06 bits per heavy atom. The number of rotatable bonds is 2. The maximum atomic E-state index is 12.1. The van der Waals surface area contributed by atoms with E-state index in [1.165, 1.54) is 0 Å². The SMILES string of the molecule is CC1CC(NC(=O)c2ccncc2C#CCO)C1. The predicted molar refractivity (Wildman–Crippen MR) is 67.9 cm³/mol. The third-order valence-corrected chi connectivity index (χ3v) is 3.08. The summed E-state index contributed by atoms with van der Waals surface area (Å²) in [6.07, 6.45) is 5.19. The van der Waals surface area contributed by atoms with Gasteiger partial charge in [0.25, 0.3) is 5.91 Å². The Balaban J connectivity index is 2.09. The van der Waals surface area contributed by atoms with Crippen LogP contribution in [0.3, 0.4) is 0 Å². The zero-order chi connectivity index (χ0) is 13.0. The zero-order valence-electron chi connectivity index (χ0n) is 10.3. The van der Waals surface area contributed by atoms with E-state index in [1.54, 1.807) is 18.5 Å². The molecule has 0 spiro atoms. The third-order valence-electron chi connectivity index (χ3n) is 3.08. The second kappa shape index (κ2) is 5.65. The van der Waals surface area contributed by atoms with Crippen molar-refractivity contribution in [3.8, 4) is 11.8 Å². The molecule has 0 atom stereocenters. The first-order valence-corrected chi connectivity index (χ1v) is 6.05. The first kappa shape index (κ1) is 12.6. The molecule has 0 unspecified atom stereocenters. The maximum Gasteiger partial charge on any atom is 0.252 e. The van der Waals surface area contributed by atoms with Gasteiger partial charge in [-0.25, -0.2) is 0 Å². The number of carbonyl (C=O) groups excluding carboxylic acids is 1. The van der Waals surface area contributed by atoms with Crippen LogP contribution >= 0.6 is 0 Å². The fourth-order valence-corrected chi connectivity index (χ4v) is 2.11. The summed E-state index contributed by atoms with van der Waals surface area (Å²) in [5, 5.41) is 11.7. The van der Waals surface area contributed by atoms with E-state index in [-0.39, 0.29) is 18.6 Å². The number of aromatic nitrogens is 1. The van der Waals surface area contributed by atoms with Crippen molar-refractivity contribution < 1.29 is 9.90 Å². The summed E-state index contributed by atoms with van der Waals surface area (Å²) in [5.41, 5.74) is 1.07. The molecule has 1 aliphatic carbocycles. The van der Waals surface area contributed by atoms with Crippen molar-refractivity contribution in [3.63, 3.8) is 0 Å². The van der Waals surface area contributed by atoms with Crippen LogP contribution < -0.4 is 5.32 Å². The van der Waals surface area contributed by atoms with Crippen LogP contribution in [0.2, 0.25) is 0 Å². The molecule has 1 amide bonds. The highest BCUT2D eigenvalue weighted by atomic mass is 16.2. The molecule has 2 rings (SSSR count). The Hall–Kier alpha value is -1.86. The summed E-state index contributed by atoms with van der Waals surface area (Å²) < 4.78 is 0. The van der Waals surface area contributed by atoms with Gasteiger partial charge in [0.2, 0.25) is 0 Å². The summed E-state index contributed by atoms with van der Waals surface area (Å²) in [4.78, 5) is 16.0. The molecule has 1 aliphatic rings. The first-order valence-electron chi connectivity index (χ1n) is 6.05. The van der Waals surface area contributed by atoms with Gasteiger partial charge in [-0.3, -0.25) is 9.78 Å². The lowest BCUT2D eigenvalue weighted by Gasteiger charge is -2.33. The van der Waals surface area contributed by atoms with Gasteiger partial charge in [0, 0.05) is 18.4 Å². The number of pyridine rings is 1. The number of hydrogen-bond acceptors (Lipinski definition) is 3. The topological polar surface area (TPSA) is 62.2 Å². The molecule has 0 aromatic carbocycles. The number of amides is 1. The minimum Gasteiger partial charge on any atom is -0.384 e. The van der Waals surface area contributed by atoms with E-state index in [9.17, 15) is 4.79 Å². The van der Waals surface area contributed by atoms with Crippen molar-refractivity contribution in [1.82, 2.24) is 10.3 Å². The highest BCUT2D eigenvalue weighted by Crippen LogP contribution is 2.26. The van der Waals surface area contributed by atoms with E-state index in [0.717, 1.165) is 12.8 Å². The minimum absolute atomic E-state index is 0.114. The Morgan fingerprint density at radius 2 is 2.39 bits per heavy atom. The van der Waals surface area contributed by atoms with Crippen molar-refractivity contribution in [2.45, 2.75) is 25.8 Å². The first-order chi connectivity index (χ1) is 8.70. The average Bonchev–Trinajstić information content (AvgIpc) is 2.34.